The van der Waals surface area contributed by atoms with Crippen LogP contribution in [0.2, 0.25) is 0 Å². The fraction of sp³-hybridized carbons (Fsp3) is 0.388. The van der Waals surface area contributed by atoms with Crippen LogP contribution in [-0.4, -0.2) is 95.9 Å². The first-order chi connectivity index (χ1) is 31.4. The van der Waals surface area contributed by atoms with Crippen molar-refractivity contribution in [2.75, 3.05) is 46.3 Å². The quantitative estimate of drug-likeness (QED) is 0.0474. The minimum atomic E-state index is -1.91. The average Bonchev–Trinajstić information content (AvgIpc) is 3.53. The van der Waals surface area contributed by atoms with E-state index in [4.69, 9.17) is 38.5 Å². The van der Waals surface area contributed by atoms with Crippen molar-refractivity contribution in [3.05, 3.63) is 148 Å². The van der Waals surface area contributed by atoms with Gasteiger partial charge in [-0.25, -0.2) is 9.46 Å². The number of nitriles is 1. The number of carbonyl (C=O) groups excluding carboxylic acids is 1. The zero-order chi connectivity index (χ0) is 46.3. The normalized spacial score (nSPS) is 19.7. The molecule has 5 atom stereocenters. The van der Waals surface area contributed by atoms with Crippen LogP contribution in [0.5, 0.6) is 17.2 Å². The van der Waals surface area contributed by atoms with E-state index in [9.17, 15) is 14.9 Å². The molecule has 16 heteroatoms. The molecule has 65 heavy (non-hydrogen) atoms. The molecule has 1 unspecified atom stereocenters. The molecular formula is C49H57N6O9P. The maximum atomic E-state index is 14.4. The van der Waals surface area contributed by atoms with Crippen molar-refractivity contribution in [2.24, 2.45) is 0 Å². The molecule has 4 aromatic carbocycles. The molecule has 0 bridgehead atoms. The van der Waals surface area contributed by atoms with Crippen molar-refractivity contribution in [1.82, 2.24) is 19.1 Å². The van der Waals surface area contributed by atoms with Crippen molar-refractivity contribution < 1.29 is 37.5 Å². The number of hydrogen-bond donors (Lipinski definition) is 1. The second-order valence-corrected chi connectivity index (χ2v) is 17.9. The van der Waals surface area contributed by atoms with E-state index in [1.165, 1.54) is 4.57 Å². The van der Waals surface area contributed by atoms with Crippen molar-refractivity contribution in [1.29, 1.82) is 5.26 Å². The molecule has 2 saturated heterocycles. The van der Waals surface area contributed by atoms with Gasteiger partial charge >= 0.3 is 5.69 Å². The van der Waals surface area contributed by atoms with Gasteiger partial charge in [-0.15, -0.1) is 0 Å². The van der Waals surface area contributed by atoms with Crippen molar-refractivity contribution in [3.63, 3.8) is 0 Å². The third-order valence-corrected chi connectivity index (χ3v) is 13.9. The standard InChI is InChI=1S/C49H57N6O9P/c1-33(2)55(34(3)4)65(62-28-14-27-50)64-44-42(30-61-49(36-15-10-8-11-16-36,37-19-23-39(58-6)24-20-37)38-21-25-40(59-7)26-22-38)63-48(54-29-35(5)46(51)52-47(54)57)32-53(45(44)48)43(56)31-60-41-17-12-9-13-18-41/h8-13,15-26,29,33-34,42,44-45H,14,28,30-32H2,1-7H3,(H2,51,52,57)/t42-,44-,45-,48-,65?/m1/s1. The minimum Gasteiger partial charge on any atom is -0.497 e. The number of rotatable bonds is 20. The van der Waals surface area contributed by atoms with Crippen LogP contribution >= 0.6 is 8.53 Å². The molecule has 2 aliphatic heterocycles. The molecule has 0 spiro atoms. The van der Waals surface area contributed by atoms with E-state index in [2.05, 4.69) is 15.7 Å². The molecule has 0 aliphatic carbocycles. The number of nitrogen functional groups attached to an aromatic ring is 1. The molecule has 2 N–H and O–H groups in total. The topological polar surface area (TPSA) is 173 Å². The Morgan fingerprint density at radius 1 is 0.908 bits per heavy atom. The monoisotopic (exact) mass is 904 g/mol. The fourth-order valence-electron chi connectivity index (χ4n) is 8.67. The Hall–Kier alpha value is -5.85. The Kier molecular flexibility index (Phi) is 14.9. The van der Waals surface area contributed by atoms with Crippen LogP contribution in [0.3, 0.4) is 0 Å². The van der Waals surface area contributed by atoms with E-state index in [0.29, 0.717) is 22.8 Å². The number of hydrogen-bond acceptors (Lipinski definition) is 13. The second kappa shape index (κ2) is 20.5. The maximum absolute atomic E-state index is 14.4. The lowest BCUT2D eigenvalue weighted by molar-refractivity contribution is -0.217. The molecular weight excluding hydrogens is 848 g/mol. The molecule has 5 aromatic rings. The van der Waals surface area contributed by atoms with Crippen LogP contribution in [0.15, 0.2) is 120 Å². The number of anilines is 1. The highest BCUT2D eigenvalue weighted by atomic mass is 31.2. The number of ether oxygens (including phenoxy) is 5. The second-order valence-electron chi connectivity index (χ2n) is 16.5. The van der Waals surface area contributed by atoms with Crippen molar-refractivity contribution in [2.45, 2.75) is 82.7 Å². The lowest BCUT2D eigenvalue weighted by atomic mass is 9.80. The average molecular weight is 905 g/mol. The number of nitrogens with zero attached hydrogens (tertiary/aromatic N) is 5. The zero-order valence-corrected chi connectivity index (χ0v) is 38.7. The summed E-state index contributed by atoms with van der Waals surface area (Å²) in [6, 6.07) is 35.5. The molecule has 15 nitrogen and oxygen atoms in total. The van der Waals surface area contributed by atoms with Gasteiger partial charge in [0.15, 0.2) is 12.3 Å². The predicted octanol–water partition coefficient (Wildman–Crippen LogP) is 7.16. The van der Waals surface area contributed by atoms with Gasteiger partial charge in [0, 0.05) is 23.8 Å². The molecule has 0 radical (unpaired) electrons. The van der Waals surface area contributed by atoms with Crippen LogP contribution < -0.4 is 25.6 Å². The summed E-state index contributed by atoms with van der Waals surface area (Å²) < 4.78 is 49.0. The highest BCUT2D eigenvalue weighted by molar-refractivity contribution is 7.44. The number of para-hydroxylation sites is 1. The van der Waals surface area contributed by atoms with Gasteiger partial charge in [0.05, 0.1) is 46.5 Å². The number of amides is 1. The number of carbonyl (C=O) groups is 1. The molecule has 1 aromatic heterocycles. The van der Waals surface area contributed by atoms with Gasteiger partial charge in [-0.05, 0) is 87.7 Å². The first-order valence-electron chi connectivity index (χ1n) is 21.6. The molecule has 2 fully saturated rings. The summed E-state index contributed by atoms with van der Waals surface area (Å²) in [7, 11) is 1.32. The molecule has 2 aliphatic rings. The van der Waals surface area contributed by atoms with E-state index in [0.717, 1.165) is 16.7 Å². The highest BCUT2D eigenvalue weighted by Gasteiger charge is 2.69. The lowest BCUT2D eigenvalue weighted by Gasteiger charge is -2.53. The maximum Gasteiger partial charge on any atom is 0.351 e. The summed E-state index contributed by atoms with van der Waals surface area (Å²) in [5, 5.41) is 9.56. The Morgan fingerprint density at radius 3 is 2.03 bits per heavy atom. The Bertz CT molecular complexity index is 2410. The number of fused-ring (bicyclic) bond motifs is 1. The fourth-order valence-corrected chi connectivity index (χ4v) is 10.4. The summed E-state index contributed by atoms with van der Waals surface area (Å²) in [5.41, 5.74) is 5.73. The third kappa shape index (κ3) is 9.61. The molecule has 7 rings (SSSR count). The molecule has 342 valence electrons. The zero-order valence-electron chi connectivity index (χ0n) is 37.8. The van der Waals surface area contributed by atoms with Gasteiger partial charge in [0.1, 0.15) is 46.9 Å². The minimum absolute atomic E-state index is 0.0396. The van der Waals surface area contributed by atoms with Gasteiger partial charge in [-0.2, -0.15) is 10.2 Å². The lowest BCUT2D eigenvalue weighted by Crippen LogP contribution is -2.74. The summed E-state index contributed by atoms with van der Waals surface area (Å²) in [4.78, 5) is 34.3. The van der Waals surface area contributed by atoms with Crippen LogP contribution in [-0.2, 0) is 34.6 Å². The van der Waals surface area contributed by atoms with Gasteiger partial charge in [0.25, 0.3) is 14.4 Å². The number of nitrogens with two attached hydrogens (primary N) is 1. The highest BCUT2D eigenvalue weighted by Crippen LogP contribution is 2.55. The van der Waals surface area contributed by atoms with E-state index in [1.807, 2.05) is 125 Å². The van der Waals surface area contributed by atoms with Crippen LogP contribution in [0, 0.1) is 18.3 Å². The van der Waals surface area contributed by atoms with Crippen LogP contribution in [0.25, 0.3) is 0 Å². The van der Waals surface area contributed by atoms with E-state index in [-0.39, 0.29) is 56.6 Å². The van der Waals surface area contributed by atoms with E-state index in [1.54, 1.807) is 44.4 Å². The van der Waals surface area contributed by atoms with E-state index >= 15 is 0 Å². The molecule has 1 amide bonds. The summed E-state index contributed by atoms with van der Waals surface area (Å²) >= 11 is 0. The third-order valence-electron chi connectivity index (χ3n) is 11.7. The van der Waals surface area contributed by atoms with Gasteiger partial charge < -0.3 is 43.4 Å². The SMILES string of the molecule is COc1ccc(C(OC[C@H]2O[C@]3(n4cc(C)c(N)nc4=O)CN(C(=O)COc4ccccc4)[C@@H]3[C@@H]2OP(OCCC#N)N(C(C)C)C(C)C)(c2ccccc2)c2ccc(OC)cc2)cc1. The van der Waals surface area contributed by atoms with Gasteiger partial charge in [-0.3, -0.25) is 9.36 Å². The summed E-state index contributed by atoms with van der Waals surface area (Å²) in [6.45, 7) is 9.59. The van der Waals surface area contributed by atoms with E-state index < -0.39 is 43.8 Å². The molecule has 0 saturated carbocycles. The predicted molar refractivity (Wildman–Crippen MR) is 246 cm³/mol. The smallest absolute Gasteiger partial charge is 0.351 e. The number of aryl methyl sites for hydroxylation is 1. The van der Waals surface area contributed by atoms with Gasteiger partial charge in [-0.1, -0.05) is 72.8 Å². The first kappa shape index (κ1) is 47.1. The van der Waals surface area contributed by atoms with Crippen molar-refractivity contribution >= 4 is 20.3 Å². The Labute approximate surface area is 381 Å². The number of methoxy groups -OCH3 is 2. The van der Waals surface area contributed by atoms with Crippen LogP contribution in [0.4, 0.5) is 5.82 Å². The number of benzene rings is 4. The Morgan fingerprint density at radius 2 is 1.48 bits per heavy atom. The van der Waals surface area contributed by atoms with Crippen molar-refractivity contribution in [3.8, 4) is 23.3 Å². The largest absolute Gasteiger partial charge is 0.497 e. The number of aromatic nitrogens is 2. The summed E-state index contributed by atoms with van der Waals surface area (Å²) in [5.74, 6) is 1.59. The summed E-state index contributed by atoms with van der Waals surface area (Å²) in [6.07, 6.45) is -0.168. The first-order valence-corrected chi connectivity index (χ1v) is 22.7. The number of likely N-dealkylation sites (tertiary alicyclic amines) is 1. The molecule has 3 heterocycles. The Balaban J connectivity index is 1.39. The van der Waals surface area contributed by atoms with Gasteiger partial charge in [0.2, 0.25) is 0 Å². The van der Waals surface area contributed by atoms with Crippen LogP contribution in [0.1, 0.15) is 56.4 Å².